The Kier molecular flexibility index (Phi) is 5.85. The van der Waals surface area contributed by atoms with E-state index in [-0.39, 0.29) is 0 Å². The lowest BCUT2D eigenvalue weighted by Crippen LogP contribution is -2.46. The molecule has 0 radical (unpaired) electrons. The number of rotatable bonds is 7. The van der Waals surface area contributed by atoms with Crippen molar-refractivity contribution in [2.45, 2.75) is 6.92 Å². The van der Waals surface area contributed by atoms with Crippen molar-refractivity contribution in [2.24, 2.45) is 0 Å². The Labute approximate surface area is 143 Å². The van der Waals surface area contributed by atoms with Crippen LogP contribution < -0.4 is 14.4 Å². The maximum Gasteiger partial charge on any atom is 0.257 e. The SMILES string of the molecule is CCN1CCN(c2nccnc2OCCOc2ccccc2)CC1. The van der Waals surface area contributed by atoms with Crippen molar-refractivity contribution < 1.29 is 9.47 Å². The number of aromatic nitrogens is 2. The average molecular weight is 328 g/mol. The molecule has 0 spiro atoms. The number of nitrogens with zero attached hydrogens (tertiary/aromatic N) is 4. The van der Waals surface area contributed by atoms with Crippen LogP contribution in [0.3, 0.4) is 0 Å². The fourth-order valence-corrected chi connectivity index (χ4v) is 2.73. The molecule has 1 aromatic heterocycles. The van der Waals surface area contributed by atoms with Crippen LogP contribution in [-0.2, 0) is 0 Å². The van der Waals surface area contributed by atoms with Gasteiger partial charge in [0.05, 0.1) is 0 Å². The van der Waals surface area contributed by atoms with Gasteiger partial charge in [0.15, 0.2) is 5.82 Å². The molecule has 3 rings (SSSR count). The molecule has 1 aromatic carbocycles. The summed E-state index contributed by atoms with van der Waals surface area (Å²) in [4.78, 5) is 13.5. The molecule has 24 heavy (non-hydrogen) atoms. The molecular weight excluding hydrogens is 304 g/mol. The van der Waals surface area contributed by atoms with Crippen LogP contribution in [0.4, 0.5) is 5.82 Å². The van der Waals surface area contributed by atoms with Gasteiger partial charge in [0.1, 0.15) is 19.0 Å². The van der Waals surface area contributed by atoms with Crippen LogP contribution in [0, 0.1) is 0 Å². The van der Waals surface area contributed by atoms with Crippen molar-refractivity contribution in [2.75, 3.05) is 50.8 Å². The Hall–Kier alpha value is -2.34. The first-order chi connectivity index (χ1) is 11.9. The first kappa shape index (κ1) is 16.5. The zero-order chi connectivity index (χ0) is 16.6. The number of ether oxygens (including phenoxy) is 2. The Balaban J connectivity index is 1.52. The zero-order valence-corrected chi connectivity index (χ0v) is 14.1. The number of para-hydroxylation sites is 1. The highest BCUT2D eigenvalue weighted by Crippen LogP contribution is 2.23. The maximum absolute atomic E-state index is 5.81. The molecule has 0 saturated carbocycles. The summed E-state index contributed by atoms with van der Waals surface area (Å²) in [5.41, 5.74) is 0. The van der Waals surface area contributed by atoms with Crippen LogP contribution in [0.15, 0.2) is 42.7 Å². The molecule has 0 bridgehead atoms. The van der Waals surface area contributed by atoms with Crippen molar-refractivity contribution in [3.63, 3.8) is 0 Å². The zero-order valence-electron chi connectivity index (χ0n) is 14.1. The second-order valence-electron chi connectivity index (χ2n) is 5.62. The summed E-state index contributed by atoms with van der Waals surface area (Å²) in [7, 11) is 0. The lowest BCUT2D eigenvalue weighted by atomic mass is 10.3. The normalized spacial score (nSPS) is 15.3. The van der Waals surface area contributed by atoms with Crippen molar-refractivity contribution >= 4 is 5.82 Å². The lowest BCUT2D eigenvalue weighted by molar-refractivity contribution is 0.210. The summed E-state index contributed by atoms with van der Waals surface area (Å²) in [5.74, 6) is 2.25. The molecule has 1 aliphatic rings. The highest BCUT2D eigenvalue weighted by molar-refractivity contribution is 5.48. The van der Waals surface area contributed by atoms with Crippen LogP contribution in [0.1, 0.15) is 6.92 Å². The van der Waals surface area contributed by atoms with Gasteiger partial charge in [-0.1, -0.05) is 25.1 Å². The standard InChI is InChI=1S/C18H24N4O2/c1-2-21-10-12-22(13-11-21)17-18(20-9-8-19-17)24-15-14-23-16-6-4-3-5-7-16/h3-9H,2,10-15H2,1H3. The van der Waals surface area contributed by atoms with Gasteiger partial charge >= 0.3 is 0 Å². The molecule has 0 amide bonds. The second kappa shape index (κ2) is 8.49. The van der Waals surface area contributed by atoms with Crippen LogP contribution in [0.25, 0.3) is 0 Å². The van der Waals surface area contributed by atoms with Crippen LogP contribution in [0.2, 0.25) is 0 Å². The highest BCUT2D eigenvalue weighted by atomic mass is 16.5. The first-order valence-corrected chi connectivity index (χ1v) is 8.46. The molecule has 6 heteroatoms. The van der Waals surface area contributed by atoms with Gasteiger partial charge < -0.3 is 19.3 Å². The number of benzene rings is 1. The summed E-state index contributed by atoms with van der Waals surface area (Å²) >= 11 is 0. The second-order valence-corrected chi connectivity index (χ2v) is 5.62. The van der Waals surface area contributed by atoms with Gasteiger partial charge in [-0.05, 0) is 18.7 Å². The van der Waals surface area contributed by atoms with Crippen molar-refractivity contribution in [3.05, 3.63) is 42.7 Å². The van der Waals surface area contributed by atoms with Gasteiger partial charge in [0, 0.05) is 38.6 Å². The largest absolute Gasteiger partial charge is 0.490 e. The number of piperazine rings is 1. The minimum Gasteiger partial charge on any atom is -0.490 e. The van der Waals surface area contributed by atoms with Crippen LogP contribution in [0.5, 0.6) is 11.6 Å². The van der Waals surface area contributed by atoms with E-state index < -0.39 is 0 Å². The smallest absolute Gasteiger partial charge is 0.257 e. The molecule has 1 saturated heterocycles. The summed E-state index contributed by atoms with van der Waals surface area (Å²) in [6.07, 6.45) is 3.38. The van der Waals surface area contributed by atoms with Gasteiger partial charge in [-0.2, -0.15) is 0 Å². The molecule has 0 atom stereocenters. The lowest BCUT2D eigenvalue weighted by Gasteiger charge is -2.34. The van der Waals surface area contributed by atoms with E-state index in [1.54, 1.807) is 12.4 Å². The predicted octanol–water partition coefficient (Wildman–Crippen LogP) is 2.08. The summed E-state index contributed by atoms with van der Waals surface area (Å²) in [6.45, 7) is 8.19. The monoisotopic (exact) mass is 328 g/mol. The average Bonchev–Trinajstić information content (AvgIpc) is 2.66. The van der Waals surface area contributed by atoms with E-state index in [9.17, 15) is 0 Å². The third-order valence-corrected chi connectivity index (χ3v) is 4.10. The van der Waals surface area contributed by atoms with E-state index in [1.807, 2.05) is 30.3 Å². The van der Waals surface area contributed by atoms with E-state index in [0.29, 0.717) is 19.1 Å². The third kappa shape index (κ3) is 4.35. The van der Waals surface area contributed by atoms with E-state index in [2.05, 4.69) is 26.7 Å². The van der Waals surface area contributed by atoms with E-state index in [0.717, 1.165) is 44.3 Å². The van der Waals surface area contributed by atoms with E-state index in [4.69, 9.17) is 9.47 Å². The molecule has 2 heterocycles. The van der Waals surface area contributed by atoms with Crippen molar-refractivity contribution in [1.29, 1.82) is 0 Å². The van der Waals surface area contributed by atoms with Crippen molar-refractivity contribution in [1.82, 2.24) is 14.9 Å². The van der Waals surface area contributed by atoms with E-state index in [1.165, 1.54) is 0 Å². The number of hydrogen-bond acceptors (Lipinski definition) is 6. The van der Waals surface area contributed by atoms with Crippen LogP contribution >= 0.6 is 0 Å². The predicted molar refractivity (Wildman–Crippen MR) is 93.8 cm³/mol. The van der Waals surface area contributed by atoms with Gasteiger partial charge in [0.25, 0.3) is 5.88 Å². The molecule has 6 nitrogen and oxygen atoms in total. The molecule has 0 aliphatic carbocycles. The summed E-state index contributed by atoms with van der Waals surface area (Å²) in [5, 5.41) is 0. The van der Waals surface area contributed by atoms with Gasteiger partial charge in [-0.25, -0.2) is 9.97 Å². The summed E-state index contributed by atoms with van der Waals surface area (Å²) in [6, 6.07) is 9.73. The first-order valence-electron chi connectivity index (χ1n) is 8.46. The molecular formula is C18H24N4O2. The molecule has 0 N–H and O–H groups in total. The van der Waals surface area contributed by atoms with Gasteiger partial charge in [-0.15, -0.1) is 0 Å². The summed E-state index contributed by atoms with van der Waals surface area (Å²) < 4.78 is 11.5. The number of anilines is 1. The van der Waals surface area contributed by atoms with Gasteiger partial charge in [-0.3, -0.25) is 0 Å². The minimum atomic E-state index is 0.440. The molecule has 2 aromatic rings. The van der Waals surface area contributed by atoms with E-state index >= 15 is 0 Å². The molecule has 0 unspecified atom stereocenters. The number of hydrogen-bond donors (Lipinski definition) is 0. The fourth-order valence-electron chi connectivity index (χ4n) is 2.73. The highest BCUT2D eigenvalue weighted by Gasteiger charge is 2.20. The Morgan fingerprint density at radius 3 is 2.38 bits per heavy atom. The Morgan fingerprint density at radius 2 is 1.62 bits per heavy atom. The molecule has 1 fully saturated rings. The molecule has 128 valence electrons. The third-order valence-electron chi connectivity index (χ3n) is 4.10. The fraction of sp³-hybridized carbons (Fsp3) is 0.444. The Morgan fingerprint density at radius 1 is 0.917 bits per heavy atom. The van der Waals surface area contributed by atoms with Crippen LogP contribution in [-0.4, -0.2) is 60.8 Å². The minimum absolute atomic E-state index is 0.440. The topological polar surface area (TPSA) is 50.7 Å². The number of likely N-dealkylation sites (N-methyl/N-ethyl adjacent to an activating group) is 1. The van der Waals surface area contributed by atoms with Crippen molar-refractivity contribution in [3.8, 4) is 11.6 Å². The Bertz CT molecular complexity index is 615. The van der Waals surface area contributed by atoms with Gasteiger partial charge in [0.2, 0.25) is 0 Å². The quantitative estimate of drug-likeness (QED) is 0.725. The maximum atomic E-state index is 5.81. The molecule has 1 aliphatic heterocycles.